The van der Waals surface area contributed by atoms with Gasteiger partial charge in [0, 0.05) is 44.7 Å². The molecule has 1 aliphatic rings. The molecular weight excluding hydrogens is 420 g/mol. The fourth-order valence-electron chi connectivity index (χ4n) is 3.94. The van der Waals surface area contributed by atoms with Crippen molar-refractivity contribution in [2.75, 3.05) is 31.1 Å². The lowest BCUT2D eigenvalue weighted by Gasteiger charge is -2.35. The van der Waals surface area contributed by atoms with E-state index in [0.717, 1.165) is 12.0 Å². The van der Waals surface area contributed by atoms with Crippen molar-refractivity contribution in [3.8, 4) is 0 Å². The molecule has 1 saturated heterocycles. The minimum Gasteiger partial charge on any atom is -0.339 e. The van der Waals surface area contributed by atoms with Crippen LogP contribution in [0.1, 0.15) is 25.3 Å². The van der Waals surface area contributed by atoms with Crippen LogP contribution in [-0.2, 0) is 18.4 Å². The van der Waals surface area contributed by atoms with Crippen molar-refractivity contribution in [2.45, 2.75) is 26.3 Å². The van der Waals surface area contributed by atoms with Crippen LogP contribution in [0.4, 0.5) is 5.95 Å². The normalized spacial score (nSPS) is 14.4. The number of hydrogen-bond acceptors (Lipinski definition) is 5. The highest BCUT2D eigenvalue weighted by Crippen LogP contribution is 2.25. The van der Waals surface area contributed by atoms with E-state index < -0.39 is 11.2 Å². The van der Waals surface area contributed by atoms with Crippen LogP contribution < -0.4 is 16.1 Å². The van der Waals surface area contributed by atoms with Gasteiger partial charge >= 0.3 is 5.69 Å². The summed E-state index contributed by atoms with van der Waals surface area (Å²) in [7, 11) is 1.58. The van der Waals surface area contributed by atoms with Crippen LogP contribution in [0, 0.1) is 0 Å². The number of piperazine rings is 1. The maximum Gasteiger partial charge on any atom is 0.329 e. The number of aromatic amines is 1. The molecule has 31 heavy (non-hydrogen) atoms. The molecule has 1 N–H and O–H groups in total. The van der Waals surface area contributed by atoms with Crippen LogP contribution in [0.5, 0.6) is 0 Å². The first kappa shape index (κ1) is 21.2. The van der Waals surface area contributed by atoms with E-state index in [0.29, 0.717) is 61.3 Å². The monoisotopic (exact) mass is 444 g/mol. The fourth-order valence-corrected chi connectivity index (χ4v) is 4.13. The highest BCUT2D eigenvalue weighted by Gasteiger charge is 2.26. The molecule has 1 amide bonds. The van der Waals surface area contributed by atoms with Crippen LogP contribution in [0.2, 0.25) is 5.02 Å². The van der Waals surface area contributed by atoms with Crippen molar-refractivity contribution in [2.24, 2.45) is 7.05 Å². The Balaban J connectivity index is 1.76. The Morgan fingerprint density at radius 3 is 2.55 bits per heavy atom. The number of carbonyl (C=O) groups is 1. The highest BCUT2D eigenvalue weighted by atomic mass is 35.5. The molecule has 3 aromatic rings. The summed E-state index contributed by atoms with van der Waals surface area (Å²) in [4.78, 5) is 48.0. The van der Waals surface area contributed by atoms with E-state index in [9.17, 15) is 14.4 Å². The highest BCUT2D eigenvalue weighted by molar-refractivity contribution is 6.31. The lowest BCUT2D eigenvalue weighted by Crippen LogP contribution is -2.49. The Labute approximate surface area is 183 Å². The Bertz CT molecular complexity index is 1240. The standard InChI is InChI=1S/C21H25ClN6O3/c1-3-6-16(29)26-9-11-27(12-10-26)20-23-18-17(19(30)24-21(31)25(18)2)28(20)13-14-7-4-5-8-15(14)22/h4-5,7-8H,3,6,9-13H2,1-2H3,(H,24,30,31). The van der Waals surface area contributed by atoms with Gasteiger partial charge in [-0.05, 0) is 18.1 Å². The summed E-state index contributed by atoms with van der Waals surface area (Å²) >= 11 is 6.38. The van der Waals surface area contributed by atoms with E-state index in [-0.39, 0.29) is 5.91 Å². The molecule has 0 spiro atoms. The average molecular weight is 445 g/mol. The van der Waals surface area contributed by atoms with Crippen LogP contribution in [0.3, 0.4) is 0 Å². The Morgan fingerprint density at radius 1 is 1.16 bits per heavy atom. The quantitative estimate of drug-likeness (QED) is 0.644. The molecular formula is C21H25ClN6O3. The number of carbonyl (C=O) groups excluding carboxylic acids is 1. The van der Waals surface area contributed by atoms with E-state index in [2.05, 4.69) is 14.9 Å². The summed E-state index contributed by atoms with van der Waals surface area (Å²) < 4.78 is 3.14. The van der Waals surface area contributed by atoms with Crippen LogP contribution in [0.25, 0.3) is 11.2 Å². The van der Waals surface area contributed by atoms with Gasteiger partial charge in [-0.3, -0.25) is 23.7 Å². The first-order valence-electron chi connectivity index (χ1n) is 10.4. The maximum atomic E-state index is 12.7. The summed E-state index contributed by atoms with van der Waals surface area (Å²) in [6, 6.07) is 7.43. The number of rotatable bonds is 5. The van der Waals surface area contributed by atoms with Crippen molar-refractivity contribution >= 4 is 34.6 Å². The molecule has 0 radical (unpaired) electrons. The number of amides is 1. The Kier molecular flexibility index (Phi) is 5.86. The van der Waals surface area contributed by atoms with Gasteiger partial charge in [-0.1, -0.05) is 36.7 Å². The molecule has 164 valence electrons. The van der Waals surface area contributed by atoms with E-state index in [1.54, 1.807) is 17.7 Å². The Morgan fingerprint density at radius 2 is 1.87 bits per heavy atom. The van der Waals surface area contributed by atoms with E-state index in [1.807, 2.05) is 30.0 Å². The number of nitrogens with one attached hydrogen (secondary N) is 1. The van der Waals surface area contributed by atoms with Crippen LogP contribution in [-0.4, -0.2) is 56.1 Å². The minimum absolute atomic E-state index is 0.158. The third kappa shape index (κ3) is 3.97. The Hall–Kier alpha value is -3.07. The molecule has 0 bridgehead atoms. The number of anilines is 1. The minimum atomic E-state index is -0.513. The van der Waals surface area contributed by atoms with Crippen molar-refractivity contribution in [3.05, 3.63) is 55.7 Å². The predicted octanol–water partition coefficient (Wildman–Crippen LogP) is 1.57. The number of nitrogens with zero attached hydrogens (tertiary/aromatic N) is 5. The third-order valence-electron chi connectivity index (χ3n) is 5.65. The van der Waals surface area contributed by atoms with Gasteiger partial charge < -0.3 is 9.80 Å². The lowest BCUT2D eigenvalue weighted by atomic mass is 10.2. The molecule has 1 aliphatic heterocycles. The van der Waals surface area contributed by atoms with Gasteiger partial charge in [0.2, 0.25) is 11.9 Å². The molecule has 2 aromatic heterocycles. The van der Waals surface area contributed by atoms with Crippen molar-refractivity contribution in [1.29, 1.82) is 0 Å². The summed E-state index contributed by atoms with van der Waals surface area (Å²) in [5.41, 5.74) is 0.485. The molecule has 1 fully saturated rings. The first-order valence-corrected chi connectivity index (χ1v) is 10.7. The first-order chi connectivity index (χ1) is 14.9. The number of fused-ring (bicyclic) bond motifs is 1. The summed E-state index contributed by atoms with van der Waals surface area (Å²) in [6.07, 6.45) is 1.37. The number of imidazole rings is 1. The van der Waals surface area contributed by atoms with Crippen molar-refractivity contribution < 1.29 is 4.79 Å². The van der Waals surface area contributed by atoms with Gasteiger partial charge in [0.15, 0.2) is 11.2 Å². The second-order valence-electron chi connectivity index (χ2n) is 7.70. The molecule has 4 rings (SSSR count). The number of benzene rings is 1. The molecule has 0 aliphatic carbocycles. The lowest BCUT2D eigenvalue weighted by molar-refractivity contribution is -0.131. The van der Waals surface area contributed by atoms with E-state index >= 15 is 0 Å². The van der Waals surface area contributed by atoms with Gasteiger partial charge in [0.05, 0.1) is 6.54 Å². The number of halogens is 1. The van der Waals surface area contributed by atoms with Gasteiger partial charge in [0.1, 0.15) is 0 Å². The molecule has 9 nitrogen and oxygen atoms in total. The fraction of sp³-hybridized carbons (Fsp3) is 0.429. The second-order valence-corrected chi connectivity index (χ2v) is 8.10. The number of aryl methyl sites for hydroxylation is 1. The van der Waals surface area contributed by atoms with Gasteiger partial charge in [-0.15, -0.1) is 0 Å². The molecule has 1 aromatic carbocycles. The topological polar surface area (TPSA) is 96.2 Å². The third-order valence-corrected chi connectivity index (χ3v) is 6.02. The van der Waals surface area contributed by atoms with Crippen molar-refractivity contribution in [3.63, 3.8) is 0 Å². The summed E-state index contributed by atoms with van der Waals surface area (Å²) in [5.74, 6) is 0.745. The van der Waals surface area contributed by atoms with E-state index in [1.165, 1.54) is 4.57 Å². The smallest absolute Gasteiger partial charge is 0.329 e. The number of hydrogen-bond donors (Lipinski definition) is 1. The summed E-state index contributed by atoms with van der Waals surface area (Å²) in [6.45, 7) is 4.68. The van der Waals surface area contributed by atoms with Crippen LogP contribution in [0.15, 0.2) is 33.9 Å². The van der Waals surface area contributed by atoms with Crippen molar-refractivity contribution in [1.82, 2.24) is 24.0 Å². The zero-order valence-electron chi connectivity index (χ0n) is 17.6. The zero-order valence-corrected chi connectivity index (χ0v) is 18.4. The zero-order chi connectivity index (χ0) is 22.1. The van der Waals surface area contributed by atoms with Crippen LogP contribution >= 0.6 is 11.6 Å². The average Bonchev–Trinajstić information content (AvgIpc) is 3.14. The maximum absolute atomic E-state index is 12.7. The van der Waals surface area contributed by atoms with Gasteiger partial charge in [-0.2, -0.15) is 4.98 Å². The van der Waals surface area contributed by atoms with Gasteiger partial charge in [-0.25, -0.2) is 4.79 Å². The molecule has 10 heteroatoms. The molecule has 0 unspecified atom stereocenters. The number of H-pyrrole nitrogens is 1. The second kappa shape index (κ2) is 8.58. The predicted molar refractivity (Wildman–Crippen MR) is 120 cm³/mol. The largest absolute Gasteiger partial charge is 0.339 e. The van der Waals surface area contributed by atoms with E-state index in [4.69, 9.17) is 11.6 Å². The SMILES string of the molecule is CCCC(=O)N1CCN(c2nc3c(c(=O)[nH]c(=O)n3C)n2Cc2ccccc2Cl)CC1. The molecule has 0 saturated carbocycles. The molecule has 3 heterocycles. The summed E-state index contributed by atoms with van der Waals surface area (Å²) in [5, 5.41) is 0.589. The number of aromatic nitrogens is 4. The molecule has 0 atom stereocenters. The van der Waals surface area contributed by atoms with Gasteiger partial charge in [0.25, 0.3) is 5.56 Å².